The first-order valence-corrected chi connectivity index (χ1v) is 5.10. The molecule has 78 valence electrons. The largest absolute Gasteiger partial charge is 0.452 e. The number of nitrogens with zero attached hydrogens (tertiary/aromatic N) is 3. The molecule has 6 heteroatoms. The van der Waals surface area contributed by atoms with Crippen molar-refractivity contribution in [2.75, 3.05) is 0 Å². The number of Topliss-reactive ketones (excluding diaryl/α,β-unsaturated/α-hetero) is 1. The standard InChI is InChI=1S/C9H8BrN3O2/c1-6(14)8-4-11-12-13(8)5-7-2-3-9(10)15-7/h2-4H,5H2,1H3. The van der Waals surface area contributed by atoms with E-state index in [1.54, 1.807) is 6.07 Å². The van der Waals surface area contributed by atoms with E-state index in [0.717, 1.165) is 5.76 Å². The summed E-state index contributed by atoms with van der Waals surface area (Å²) in [6, 6.07) is 3.61. The molecule has 0 atom stereocenters. The Morgan fingerprint density at radius 1 is 1.60 bits per heavy atom. The predicted octanol–water partition coefficient (Wildman–Crippen LogP) is 1.88. The molecule has 0 bridgehead atoms. The quantitative estimate of drug-likeness (QED) is 0.799. The van der Waals surface area contributed by atoms with Gasteiger partial charge in [0.15, 0.2) is 10.5 Å². The summed E-state index contributed by atoms with van der Waals surface area (Å²) in [6.45, 7) is 1.88. The molecule has 0 N–H and O–H groups in total. The lowest BCUT2D eigenvalue weighted by Crippen LogP contribution is -2.08. The van der Waals surface area contributed by atoms with Crippen LogP contribution in [0, 0.1) is 0 Å². The molecule has 0 aliphatic heterocycles. The molecular formula is C9H8BrN3O2. The van der Waals surface area contributed by atoms with Crippen molar-refractivity contribution in [3.8, 4) is 0 Å². The van der Waals surface area contributed by atoms with Crippen molar-refractivity contribution in [1.82, 2.24) is 15.0 Å². The van der Waals surface area contributed by atoms with Crippen LogP contribution in [0.3, 0.4) is 0 Å². The fourth-order valence-electron chi connectivity index (χ4n) is 1.23. The van der Waals surface area contributed by atoms with Crippen LogP contribution < -0.4 is 0 Å². The molecule has 0 aliphatic rings. The van der Waals surface area contributed by atoms with Gasteiger partial charge in [0.05, 0.1) is 6.20 Å². The van der Waals surface area contributed by atoms with E-state index in [1.807, 2.05) is 6.07 Å². The van der Waals surface area contributed by atoms with Crippen molar-refractivity contribution in [1.29, 1.82) is 0 Å². The van der Waals surface area contributed by atoms with Gasteiger partial charge in [0.1, 0.15) is 18.0 Å². The van der Waals surface area contributed by atoms with Gasteiger partial charge in [-0.3, -0.25) is 4.79 Å². The fraction of sp³-hybridized carbons (Fsp3) is 0.222. The summed E-state index contributed by atoms with van der Waals surface area (Å²) in [4.78, 5) is 11.2. The van der Waals surface area contributed by atoms with E-state index >= 15 is 0 Å². The average molecular weight is 270 g/mol. The fourth-order valence-corrected chi connectivity index (χ4v) is 1.57. The molecule has 2 aromatic heterocycles. The molecule has 15 heavy (non-hydrogen) atoms. The van der Waals surface area contributed by atoms with Crippen LogP contribution in [0.1, 0.15) is 23.2 Å². The van der Waals surface area contributed by atoms with Crippen LogP contribution >= 0.6 is 15.9 Å². The summed E-state index contributed by atoms with van der Waals surface area (Å²) in [5.74, 6) is 0.653. The van der Waals surface area contributed by atoms with Gasteiger partial charge >= 0.3 is 0 Å². The zero-order valence-electron chi connectivity index (χ0n) is 7.98. The molecule has 0 aromatic carbocycles. The molecule has 0 unspecified atom stereocenters. The van der Waals surface area contributed by atoms with E-state index in [2.05, 4.69) is 26.2 Å². The van der Waals surface area contributed by atoms with Crippen molar-refractivity contribution >= 4 is 21.7 Å². The van der Waals surface area contributed by atoms with Gasteiger partial charge in [0.2, 0.25) is 0 Å². The number of rotatable bonds is 3. The third-order valence-corrected chi connectivity index (χ3v) is 2.34. The van der Waals surface area contributed by atoms with Crippen LogP contribution in [0.15, 0.2) is 27.4 Å². The average Bonchev–Trinajstić information content (AvgIpc) is 2.75. The zero-order chi connectivity index (χ0) is 10.8. The first kappa shape index (κ1) is 10.1. The Bertz CT molecular complexity index is 489. The Morgan fingerprint density at radius 3 is 3.00 bits per heavy atom. The zero-order valence-corrected chi connectivity index (χ0v) is 9.56. The third-order valence-electron chi connectivity index (χ3n) is 1.91. The van der Waals surface area contributed by atoms with Gasteiger partial charge in [0.25, 0.3) is 0 Å². The van der Waals surface area contributed by atoms with Gasteiger partial charge in [-0.15, -0.1) is 5.10 Å². The Hall–Kier alpha value is -1.43. The molecule has 2 rings (SSSR count). The van der Waals surface area contributed by atoms with Crippen LogP contribution in [-0.4, -0.2) is 20.8 Å². The predicted molar refractivity (Wildman–Crippen MR) is 55.5 cm³/mol. The van der Waals surface area contributed by atoms with Crippen LogP contribution in [0.4, 0.5) is 0 Å². The second-order valence-corrected chi connectivity index (χ2v) is 3.82. The number of hydrogen-bond acceptors (Lipinski definition) is 4. The molecule has 0 saturated carbocycles. The van der Waals surface area contributed by atoms with Crippen LogP contribution in [-0.2, 0) is 6.54 Å². The molecular weight excluding hydrogens is 262 g/mol. The number of carbonyl (C=O) groups excluding carboxylic acids is 1. The topological polar surface area (TPSA) is 60.9 Å². The SMILES string of the molecule is CC(=O)c1cnnn1Cc1ccc(Br)o1. The van der Waals surface area contributed by atoms with Gasteiger partial charge < -0.3 is 4.42 Å². The van der Waals surface area contributed by atoms with E-state index in [1.165, 1.54) is 17.8 Å². The highest BCUT2D eigenvalue weighted by Crippen LogP contribution is 2.15. The molecule has 0 amide bonds. The number of carbonyl (C=O) groups is 1. The first-order valence-electron chi connectivity index (χ1n) is 4.30. The Labute approximate surface area is 94.2 Å². The molecule has 0 saturated heterocycles. The summed E-state index contributed by atoms with van der Waals surface area (Å²) in [7, 11) is 0. The first-order chi connectivity index (χ1) is 7.16. The third kappa shape index (κ3) is 2.15. The normalized spacial score (nSPS) is 10.5. The second kappa shape index (κ2) is 3.98. The summed E-state index contributed by atoms with van der Waals surface area (Å²) < 4.78 is 7.47. The molecule has 2 aromatic rings. The van der Waals surface area contributed by atoms with Crippen molar-refractivity contribution in [2.24, 2.45) is 0 Å². The van der Waals surface area contributed by atoms with Gasteiger partial charge in [-0.2, -0.15) is 0 Å². The van der Waals surface area contributed by atoms with Crippen LogP contribution in [0.25, 0.3) is 0 Å². The van der Waals surface area contributed by atoms with Gasteiger partial charge in [-0.25, -0.2) is 4.68 Å². The monoisotopic (exact) mass is 269 g/mol. The van der Waals surface area contributed by atoms with Gasteiger partial charge in [-0.05, 0) is 28.1 Å². The van der Waals surface area contributed by atoms with E-state index in [9.17, 15) is 4.79 Å². The highest BCUT2D eigenvalue weighted by atomic mass is 79.9. The minimum atomic E-state index is -0.0642. The van der Waals surface area contributed by atoms with E-state index in [4.69, 9.17) is 4.42 Å². The van der Waals surface area contributed by atoms with Gasteiger partial charge in [0, 0.05) is 6.92 Å². The summed E-state index contributed by atoms with van der Waals surface area (Å²) in [5.41, 5.74) is 0.475. The number of aromatic nitrogens is 3. The lowest BCUT2D eigenvalue weighted by Gasteiger charge is -2.00. The highest BCUT2D eigenvalue weighted by molar-refractivity contribution is 9.10. The number of furan rings is 1. The molecule has 2 heterocycles. The van der Waals surface area contributed by atoms with Crippen molar-refractivity contribution in [3.05, 3.63) is 34.5 Å². The van der Waals surface area contributed by atoms with Crippen molar-refractivity contribution < 1.29 is 9.21 Å². The Balaban J connectivity index is 2.24. The highest BCUT2D eigenvalue weighted by Gasteiger charge is 2.10. The van der Waals surface area contributed by atoms with Gasteiger partial charge in [-0.1, -0.05) is 5.21 Å². The minimum Gasteiger partial charge on any atom is -0.452 e. The molecule has 5 nitrogen and oxygen atoms in total. The smallest absolute Gasteiger partial charge is 0.179 e. The number of halogens is 1. The molecule has 0 radical (unpaired) electrons. The molecule has 0 aliphatic carbocycles. The van der Waals surface area contributed by atoms with E-state index in [-0.39, 0.29) is 5.78 Å². The summed E-state index contributed by atoms with van der Waals surface area (Å²) in [6.07, 6.45) is 1.44. The maximum Gasteiger partial charge on any atom is 0.179 e. The van der Waals surface area contributed by atoms with Crippen LogP contribution in [0.5, 0.6) is 0 Å². The maximum absolute atomic E-state index is 11.2. The number of ketones is 1. The van der Waals surface area contributed by atoms with Crippen molar-refractivity contribution in [3.63, 3.8) is 0 Å². The lowest BCUT2D eigenvalue weighted by atomic mass is 10.3. The minimum absolute atomic E-state index is 0.0642. The maximum atomic E-state index is 11.2. The molecule has 0 fully saturated rings. The Morgan fingerprint density at radius 2 is 2.40 bits per heavy atom. The number of hydrogen-bond donors (Lipinski definition) is 0. The lowest BCUT2D eigenvalue weighted by molar-refractivity contribution is 0.100. The van der Waals surface area contributed by atoms with E-state index < -0.39 is 0 Å². The second-order valence-electron chi connectivity index (χ2n) is 3.04. The van der Waals surface area contributed by atoms with E-state index in [0.29, 0.717) is 16.9 Å². The summed E-state index contributed by atoms with van der Waals surface area (Å²) in [5, 5.41) is 7.50. The Kier molecular flexibility index (Phi) is 2.68. The van der Waals surface area contributed by atoms with Crippen LogP contribution in [0.2, 0.25) is 0 Å². The molecule has 0 spiro atoms. The van der Waals surface area contributed by atoms with Crippen molar-refractivity contribution in [2.45, 2.75) is 13.5 Å². The summed E-state index contributed by atoms with van der Waals surface area (Å²) >= 11 is 3.20.